The number of ether oxygens (including phenoxy) is 2. The predicted octanol–water partition coefficient (Wildman–Crippen LogP) is 2.23. The van der Waals surface area contributed by atoms with Gasteiger partial charge in [-0.3, -0.25) is 4.79 Å². The molecule has 2 aromatic heterocycles. The highest BCUT2D eigenvalue weighted by molar-refractivity contribution is 5.80. The molecule has 1 amide bonds. The van der Waals surface area contributed by atoms with E-state index in [4.69, 9.17) is 9.47 Å². The Labute approximate surface area is 142 Å². The number of carbonyl (C=O) groups excluding carboxylic acids is 1. The first-order chi connectivity index (χ1) is 11.6. The van der Waals surface area contributed by atoms with Crippen LogP contribution in [0.1, 0.15) is 37.4 Å². The molecule has 1 saturated heterocycles. The van der Waals surface area contributed by atoms with Crippen LogP contribution in [0.3, 0.4) is 0 Å². The molecule has 0 bridgehead atoms. The number of aryl methyl sites for hydroxylation is 1. The average Bonchev–Trinajstić information content (AvgIpc) is 3.00. The Balaban J connectivity index is 1.46. The zero-order chi connectivity index (χ0) is 16.9. The van der Waals surface area contributed by atoms with Crippen molar-refractivity contribution >= 4 is 11.6 Å². The number of hydrogen-bond acceptors (Lipinski definition) is 4. The van der Waals surface area contributed by atoms with Crippen molar-refractivity contribution in [2.24, 2.45) is 0 Å². The second-order valence-corrected chi connectivity index (χ2v) is 6.38. The first-order valence-corrected chi connectivity index (χ1v) is 8.57. The summed E-state index contributed by atoms with van der Waals surface area (Å²) in [7, 11) is 0. The molecule has 2 atom stereocenters. The molecule has 0 aromatic carbocycles. The van der Waals surface area contributed by atoms with Crippen LogP contribution in [0.25, 0.3) is 5.65 Å². The molecule has 0 radical (unpaired) electrons. The van der Waals surface area contributed by atoms with E-state index < -0.39 is 6.10 Å². The lowest BCUT2D eigenvalue weighted by Crippen LogP contribution is -2.36. The second kappa shape index (κ2) is 7.77. The Hall–Kier alpha value is -1.92. The lowest BCUT2D eigenvalue weighted by Gasteiger charge is -2.23. The molecule has 3 heterocycles. The Bertz CT molecular complexity index is 692. The number of rotatable bonds is 6. The summed E-state index contributed by atoms with van der Waals surface area (Å²) in [6, 6.07) is 4.04. The molecule has 0 unspecified atom stereocenters. The largest absolute Gasteiger partial charge is 0.376 e. The molecule has 1 fully saturated rings. The quantitative estimate of drug-likeness (QED) is 0.881. The molecule has 0 saturated carbocycles. The summed E-state index contributed by atoms with van der Waals surface area (Å²) in [5.74, 6) is -0.126. The van der Waals surface area contributed by atoms with Crippen molar-refractivity contribution in [1.29, 1.82) is 0 Å². The zero-order valence-corrected chi connectivity index (χ0v) is 14.3. The first-order valence-electron chi connectivity index (χ1n) is 8.57. The number of nitrogens with one attached hydrogen (secondary N) is 1. The monoisotopic (exact) mass is 331 g/mol. The van der Waals surface area contributed by atoms with Crippen LogP contribution < -0.4 is 5.32 Å². The minimum atomic E-state index is -0.491. The average molecular weight is 331 g/mol. The number of carbonyl (C=O) groups is 1. The molecule has 6 heteroatoms. The highest BCUT2D eigenvalue weighted by Crippen LogP contribution is 2.13. The van der Waals surface area contributed by atoms with E-state index in [2.05, 4.69) is 10.3 Å². The van der Waals surface area contributed by atoms with Crippen molar-refractivity contribution in [2.45, 2.75) is 51.9 Å². The summed E-state index contributed by atoms with van der Waals surface area (Å²) in [5.41, 5.74) is 2.88. The third-order valence-electron chi connectivity index (χ3n) is 4.28. The van der Waals surface area contributed by atoms with Gasteiger partial charge in [0.05, 0.1) is 24.9 Å². The van der Waals surface area contributed by atoms with Gasteiger partial charge in [0.1, 0.15) is 11.8 Å². The lowest BCUT2D eigenvalue weighted by atomic mass is 10.1. The number of imidazole rings is 1. The Morgan fingerprint density at radius 3 is 3.21 bits per heavy atom. The van der Waals surface area contributed by atoms with Crippen LogP contribution in [-0.4, -0.2) is 40.7 Å². The van der Waals surface area contributed by atoms with Gasteiger partial charge in [0.15, 0.2) is 0 Å². The molecule has 2 aromatic rings. The summed E-state index contributed by atoms with van der Waals surface area (Å²) in [6.45, 7) is 5.47. The van der Waals surface area contributed by atoms with Gasteiger partial charge in [-0.15, -0.1) is 0 Å². The van der Waals surface area contributed by atoms with Crippen molar-refractivity contribution in [3.8, 4) is 0 Å². The predicted molar refractivity (Wildman–Crippen MR) is 90.8 cm³/mol. The molecule has 3 rings (SSSR count). The van der Waals surface area contributed by atoms with E-state index in [1.807, 2.05) is 35.9 Å². The number of aromatic nitrogens is 2. The maximum atomic E-state index is 12.1. The molecule has 1 aliphatic heterocycles. The highest BCUT2D eigenvalue weighted by atomic mass is 16.5. The Kier molecular flexibility index (Phi) is 5.48. The van der Waals surface area contributed by atoms with Crippen LogP contribution in [0.5, 0.6) is 0 Å². The van der Waals surface area contributed by atoms with Gasteiger partial charge in [0.25, 0.3) is 0 Å². The zero-order valence-electron chi connectivity index (χ0n) is 14.3. The van der Waals surface area contributed by atoms with Gasteiger partial charge in [-0.05, 0) is 50.8 Å². The minimum absolute atomic E-state index is 0.121. The van der Waals surface area contributed by atoms with E-state index in [0.717, 1.165) is 36.4 Å². The maximum Gasteiger partial charge on any atom is 0.249 e. The van der Waals surface area contributed by atoms with E-state index in [9.17, 15) is 4.79 Å². The van der Waals surface area contributed by atoms with E-state index in [1.165, 1.54) is 6.42 Å². The number of fused-ring (bicyclic) bond motifs is 1. The van der Waals surface area contributed by atoms with Crippen molar-refractivity contribution < 1.29 is 14.3 Å². The summed E-state index contributed by atoms with van der Waals surface area (Å²) >= 11 is 0. The van der Waals surface area contributed by atoms with Gasteiger partial charge in [0.2, 0.25) is 5.91 Å². The van der Waals surface area contributed by atoms with E-state index >= 15 is 0 Å². The van der Waals surface area contributed by atoms with Crippen LogP contribution in [0.15, 0.2) is 24.5 Å². The number of hydrogen-bond donors (Lipinski definition) is 1. The SMILES string of the molecule is Cc1ccn2cc(CNC(=O)[C@H](C)OC[C@@H]3CCCCO3)nc2c1. The Morgan fingerprint density at radius 1 is 1.54 bits per heavy atom. The van der Waals surface area contributed by atoms with Crippen LogP contribution in [-0.2, 0) is 20.8 Å². The van der Waals surface area contributed by atoms with Gasteiger partial charge < -0.3 is 19.2 Å². The lowest BCUT2D eigenvalue weighted by molar-refractivity contribution is -0.135. The van der Waals surface area contributed by atoms with Gasteiger partial charge in [-0.25, -0.2) is 4.98 Å². The van der Waals surface area contributed by atoms with Gasteiger partial charge >= 0.3 is 0 Å². The second-order valence-electron chi connectivity index (χ2n) is 6.38. The van der Waals surface area contributed by atoms with Gasteiger partial charge in [-0.1, -0.05) is 0 Å². The molecule has 0 spiro atoms. The first kappa shape index (κ1) is 16.9. The van der Waals surface area contributed by atoms with Crippen molar-refractivity contribution in [2.75, 3.05) is 13.2 Å². The van der Waals surface area contributed by atoms with Crippen LogP contribution >= 0.6 is 0 Å². The maximum absolute atomic E-state index is 12.1. The highest BCUT2D eigenvalue weighted by Gasteiger charge is 2.19. The van der Waals surface area contributed by atoms with Crippen LogP contribution in [0.2, 0.25) is 0 Å². The molecular weight excluding hydrogens is 306 g/mol. The molecule has 1 aliphatic rings. The van der Waals surface area contributed by atoms with Gasteiger partial charge in [-0.2, -0.15) is 0 Å². The summed E-state index contributed by atoms with van der Waals surface area (Å²) in [4.78, 5) is 16.7. The van der Waals surface area contributed by atoms with E-state index in [1.54, 1.807) is 6.92 Å². The fourth-order valence-corrected chi connectivity index (χ4v) is 2.81. The van der Waals surface area contributed by atoms with E-state index in [-0.39, 0.29) is 12.0 Å². The van der Waals surface area contributed by atoms with Gasteiger partial charge in [0, 0.05) is 19.0 Å². The molecule has 24 heavy (non-hydrogen) atoms. The molecular formula is C18H25N3O3. The third kappa shape index (κ3) is 4.33. The minimum Gasteiger partial charge on any atom is -0.376 e. The standard InChI is InChI=1S/C18H25N3O3/c1-13-6-7-21-11-15(20-17(21)9-13)10-19-18(22)14(2)24-12-16-5-3-4-8-23-16/h6-7,9,11,14,16H,3-5,8,10,12H2,1-2H3,(H,19,22)/t14-,16-/m0/s1. The van der Waals surface area contributed by atoms with Crippen LogP contribution in [0.4, 0.5) is 0 Å². The fourth-order valence-electron chi connectivity index (χ4n) is 2.81. The number of amides is 1. The molecule has 130 valence electrons. The van der Waals surface area contributed by atoms with E-state index in [0.29, 0.717) is 13.2 Å². The van der Waals surface area contributed by atoms with Crippen LogP contribution in [0, 0.1) is 6.92 Å². The molecule has 6 nitrogen and oxygen atoms in total. The number of nitrogens with zero attached hydrogens (tertiary/aromatic N) is 2. The summed E-state index contributed by atoms with van der Waals surface area (Å²) in [6.07, 6.45) is 6.82. The van der Waals surface area contributed by atoms with Crippen molar-refractivity contribution in [3.05, 3.63) is 35.8 Å². The normalized spacial score (nSPS) is 19.3. The fraction of sp³-hybridized carbons (Fsp3) is 0.556. The third-order valence-corrected chi connectivity index (χ3v) is 4.28. The summed E-state index contributed by atoms with van der Waals surface area (Å²) in [5, 5.41) is 2.88. The Morgan fingerprint density at radius 2 is 2.42 bits per heavy atom. The summed E-state index contributed by atoms with van der Waals surface area (Å²) < 4.78 is 13.2. The smallest absolute Gasteiger partial charge is 0.249 e. The van der Waals surface area contributed by atoms with Crippen molar-refractivity contribution in [3.63, 3.8) is 0 Å². The molecule has 1 N–H and O–H groups in total. The molecule has 0 aliphatic carbocycles. The number of pyridine rings is 1. The topological polar surface area (TPSA) is 64.9 Å². The van der Waals surface area contributed by atoms with Crippen molar-refractivity contribution in [1.82, 2.24) is 14.7 Å².